The summed E-state index contributed by atoms with van der Waals surface area (Å²) in [6.45, 7) is -0.123. The highest BCUT2D eigenvalue weighted by atomic mass is 16.7. The number of aromatic nitrogens is 8. The summed E-state index contributed by atoms with van der Waals surface area (Å²) in [6.07, 6.45) is -3.09. The van der Waals surface area contributed by atoms with Gasteiger partial charge in [0.15, 0.2) is 28.6 Å². The lowest BCUT2D eigenvalue weighted by molar-refractivity contribution is -0.0921. The van der Waals surface area contributed by atoms with Gasteiger partial charge in [-0.05, 0) is 6.42 Å². The SMILES string of the molecule is Nc1nc2c(ncn2[C@@H]2O[C@H](CCNO[C@H]3C[C@H](n4cnc5c(=O)[nH]c(N)nc54)O[C@H]3CO)[C@@H](O)[C@@H]2O)c(=O)[nH]1. The summed E-state index contributed by atoms with van der Waals surface area (Å²) >= 11 is 0. The Morgan fingerprint density at radius 3 is 2.25 bits per heavy atom. The number of H-pyrrole nitrogens is 2. The van der Waals surface area contributed by atoms with E-state index < -0.39 is 54.1 Å². The molecule has 0 aliphatic carbocycles. The Kier molecular flexibility index (Phi) is 6.70. The molecule has 10 N–H and O–H groups in total. The highest BCUT2D eigenvalue weighted by Crippen LogP contribution is 2.33. The third kappa shape index (κ3) is 4.48. The zero-order chi connectivity index (χ0) is 28.1. The van der Waals surface area contributed by atoms with Crippen LogP contribution in [0.5, 0.6) is 0 Å². The fourth-order valence-corrected chi connectivity index (χ4v) is 5.01. The molecular formula is C21H27N11O8. The van der Waals surface area contributed by atoms with Crippen LogP contribution in [-0.2, 0) is 14.3 Å². The average molecular weight is 562 g/mol. The van der Waals surface area contributed by atoms with Gasteiger partial charge in [-0.25, -0.2) is 15.4 Å². The van der Waals surface area contributed by atoms with Crippen molar-refractivity contribution in [2.24, 2.45) is 0 Å². The molecule has 0 unspecified atom stereocenters. The molecule has 6 heterocycles. The minimum absolute atomic E-state index is 0.0169. The number of rotatable bonds is 8. The molecule has 0 radical (unpaired) electrons. The molecule has 4 aromatic rings. The van der Waals surface area contributed by atoms with Crippen molar-refractivity contribution < 1.29 is 29.6 Å². The molecule has 0 saturated carbocycles. The van der Waals surface area contributed by atoms with Crippen molar-refractivity contribution in [3.8, 4) is 0 Å². The van der Waals surface area contributed by atoms with Crippen LogP contribution in [0.2, 0.25) is 0 Å². The number of fused-ring (bicyclic) bond motifs is 2. The van der Waals surface area contributed by atoms with Gasteiger partial charge in [0.25, 0.3) is 11.1 Å². The number of hydrogen-bond donors (Lipinski definition) is 8. The van der Waals surface area contributed by atoms with E-state index in [9.17, 15) is 24.9 Å². The molecule has 2 saturated heterocycles. The molecule has 2 aliphatic heterocycles. The van der Waals surface area contributed by atoms with E-state index >= 15 is 0 Å². The summed E-state index contributed by atoms with van der Waals surface area (Å²) in [5.74, 6) is -0.191. The lowest BCUT2D eigenvalue weighted by Gasteiger charge is -2.18. The first kappa shape index (κ1) is 26.3. The molecule has 19 nitrogen and oxygen atoms in total. The van der Waals surface area contributed by atoms with E-state index in [1.165, 1.54) is 17.2 Å². The molecule has 0 bridgehead atoms. The summed E-state index contributed by atoms with van der Waals surface area (Å²) in [7, 11) is 0. The van der Waals surface area contributed by atoms with Gasteiger partial charge >= 0.3 is 0 Å². The largest absolute Gasteiger partial charge is 0.394 e. The second-order valence-electron chi connectivity index (χ2n) is 9.48. The summed E-state index contributed by atoms with van der Waals surface area (Å²) in [5, 5.41) is 31.0. The van der Waals surface area contributed by atoms with Crippen LogP contribution in [0.3, 0.4) is 0 Å². The number of hydrogen-bond acceptors (Lipinski definition) is 15. The number of ether oxygens (including phenoxy) is 2. The summed E-state index contributed by atoms with van der Waals surface area (Å²) in [6, 6.07) is 0. The van der Waals surface area contributed by atoms with E-state index in [1.54, 1.807) is 4.57 Å². The molecule has 4 aromatic heterocycles. The van der Waals surface area contributed by atoms with Gasteiger partial charge in [0.05, 0.1) is 25.4 Å². The van der Waals surface area contributed by atoms with E-state index in [0.717, 1.165) is 0 Å². The predicted molar refractivity (Wildman–Crippen MR) is 134 cm³/mol. The van der Waals surface area contributed by atoms with Crippen LogP contribution in [0.4, 0.5) is 11.9 Å². The van der Waals surface area contributed by atoms with Gasteiger partial charge in [0, 0.05) is 13.0 Å². The van der Waals surface area contributed by atoms with Crippen molar-refractivity contribution in [3.63, 3.8) is 0 Å². The van der Waals surface area contributed by atoms with Gasteiger partial charge in [-0.3, -0.25) is 33.5 Å². The molecule has 7 atom stereocenters. The van der Waals surface area contributed by atoms with Crippen LogP contribution in [0, 0.1) is 0 Å². The molecule has 19 heteroatoms. The maximum atomic E-state index is 12.1. The maximum Gasteiger partial charge on any atom is 0.280 e. The van der Waals surface area contributed by atoms with Crippen molar-refractivity contribution in [3.05, 3.63) is 33.4 Å². The van der Waals surface area contributed by atoms with Crippen LogP contribution in [0.1, 0.15) is 25.3 Å². The van der Waals surface area contributed by atoms with Gasteiger partial charge < -0.3 is 36.3 Å². The lowest BCUT2D eigenvalue weighted by atomic mass is 10.1. The number of aliphatic hydroxyl groups excluding tert-OH is 3. The minimum atomic E-state index is -1.33. The Labute approximate surface area is 222 Å². The summed E-state index contributed by atoms with van der Waals surface area (Å²) < 4.78 is 14.7. The highest BCUT2D eigenvalue weighted by molar-refractivity contribution is 5.71. The summed E-state index contributed by atoms with van der Waals surface area (Å²) in [5.41, 5.74) is 13.5. The zero-order valence-corrected chi connectivity index (χ0v) is 20.7. The fourth-order valence-electron chi connectivity index (χ4n) is 5.01. The Hall–Kier alpha value is -3.98. The first-order valence-electron chi connectivity index (χ1n) is 12.4. The number of aromatic amines is 2. The molecule has 2 aliphatic rings. The van der Waals surface area contributed by atoms with E-state index in [-0.39, 0.29) is 53.8 Å². The highest BCUT2D eigenvalue weighted by Gasteiger charge is 2.44. The number of hydroxylamine groups is 1. The normalized spacial score (nSPS) is 28.7. The average Bonchev–Trinajstić information content (AvgIpc) is 3.68. The number of aliphatic hydroxyl groups is 3. The number of nitrogens with two attached hydrogens (primary N) is 2. The van der Waals surface area contributed by atoms with Crippen LogP contribution in [0.15, 0.2) is 22.2 Å². The van der Waals surface area contributed by atoms with Crippen molar-refractivity contribution in [1.82, 2.24) is 44.5 Å². The standard InChI is InChI=1S/C21H27N11O8/c22-20-27-15-11(17(36)29-20)24-5-31(15)10-3-8(9(4-33)38-10)40-26-2-1-7-13(34)14(35)19(39-7)32-6-25-12-16(32)28-21(23)30-18(12)37/h5-10,13-14,19,26,33-35H,1-4H2,(H3,22,27,29,36)(H3,23,28,30,37)/t7-,8+,9+,10-,13-,14+,19-/m1/s1. The molecule has 40 heavy (non-hydrogen) atoms. The van der Waals surface area contributed by atoms with E-state index in [4.69, 9.17) is 25.8 Å². The first-order valence-corrected chi connectivity index (χ1v) is 12.4. The van der Waals surface area contributed by atoms with E-state index in [1.807, 2.05) is 0 Å². The third-order valence-corrected chi connectivity index (χ3v) is 6.95. The third-order valence-electron chi connectivity index (χ3n) is 6.95. The topological polar surface area (TPSA) is 280 Å². The summed E-state index contributed by atoms with van der Waals surface area (Å²) in [4.78, 5) is 50.9. The number of imidazole rings is 2. The molecule has 214 valence electrons. The van der Waals surface area contributed by atoms with Crippen molar-refractivity contribution >= 4 is 34.2 Å². The molecule has 0 spiro atoms. The Balaban J connectivity index is 1.07. The van der Waals surface area contributed by atoms with Crippen LogP contribution in [0.25, 0.3) is 22.3 Å². The Morgan fingerprint density at radius 2 is 1.60 bits per heavy atom. The van der Waals surface area contributed by atoms with Crippen molar-refractivity contribution in [2.75, 3.05) is 24.6 Å². The molecular weight excluding hydrogens is 534 g/mol. The van der Waals surface area contributed by atoms with Gasteiger partial charge in [0.2, 0.25) is 11.9 Å². The van der Waals surface area contributed by atoms with Crippen molar-refractivity contribution in [2.45, 2.75) is 55.8 Å². The van der Waals surface area contributed by atoms with E-state index in [0.29, 0.717) is 6.42 Å². The monoisotopic (exact) mass is 561 g/mol. The number of nitrogen functional groups attached to an aromatic ring is 2. The minimum Gasteiger partial charge on any atom is -0.394 e. The zero-order valence-electron chi connectivity index (χ0n) is 20.7. The number of nitrogens with zero attached hydrogens (tertiary/aromatic N) is 6. The van der Waals surface area contributed by atoms with Gasteiger partial charge in [-0.2, -0.15) is 9.97 Å². The Morgan fingerprint density at radius 1 is 0.975 bits per heavy atom. The van der Waals surface area contributed by atoms with Crippen LogP contribution >= 0.6 is 0 Å². The van der Waals surface area contributed by atoms with Crippen molar-refractivity contribution in [1.29, 1.82) is 0 Å². The first-order chi connectivity index (χ1) is 19.2. The fraction of sp³-hybridized carbons (Fsp3) is 0.524. The van der Waals surface area contributed by atoms with Gasteiger partial charge in [-0.15, -0.1) is 0 Å². The molecule has 0 amide bonds. The smallest absolute Gasteiger partial charge is 0.280 e. The van der Waals surface area contributed by atoms with Gasteiger partial charge in [0.1, 0.15) is 30.6 Å². The molecule has 2 fully saturated rings. The predicted octanol–water partition coefficient (Wildman–Crippen LogP) is -3.40. The molecule has 0 aromatic carbocycles. The second-order valence-corrected chi connectivity index (χ2v) is 9.48. The maximum absolute atomic E-state index is 12.1. The lowest BCUT2D eigenvalue weighted by Crippen LogP contribution is -2.36. The second kappa shape index (κ2) is 10.2. The van der Waals surface area contributed by atoms with E-state index in [2.05, 4.69) is 35.4 Å². The molecule has 6 rings (SSSR count). The Bertz CT molecular complexity index is 1640. The van der Waals surface area contributed by atoms with Crippen LogP contribution < -0.4 is 28.1 Å². The quantitative estimate of drug-likeness (QED) is 0.0768. The number of nitrogens with one attached hydrogen (secondary N) is 3. The van der Waals surface area contributed by atoms with Crippen LogP contribution in [-0.4, -0.2) is 98.0 Å². The van der Waals surface area contributed by atoms with Gasteiger partial charge in [-0.1, -0.05) is 0 Å². The number of anilines is 2.